The van der Waals surface area contributed by atoms with Gasteiger partial charge in [-0.3, -0.25) is 9.59 Å². The quantitative estimate of drug-likeness (QED) is 0.444. The maximum absolute atomic E-state index is 12.8. The molecule has 152 valence electrons. The number of hydrogen-bond donors (Lipinski definition) is 3. The third-order valence-corrected chi connectivity index (χ3v) is 4.76. The van der Waals surface area contributed by atoms with Gasteiger partial charge in [0.1, 0.15) is 0 Å². The van der Waals surface area contributed by atoms with E-state index in [2.05, 4.69) is 22.5 Å². The van der Waals surface area contributed by atoms with Gasteiger partial charge in [-0.15, -0.1) is 12.8 Å². The minimum Gasteiger partial charge on any atom is -0.399 e. The van der Waals surface area contributed by atoms with Crippen LogP contribution in [-0.2, 0) is 0 Å². The highest BCUT2D eigenvalue weighted by molar-refractivity contribution is 6.10. The van der Waals surface area contributed by atoms with Crippen molar-refractivity contribution in [1.29, 1.82) is 0 Å². The van der Waals surface area contributed by atoms with Crippen molar-refractivity contribution in [2.24, 2.45) is 0 Å². The first-order chi connectivity index (χ1) is 14.8. The van der Waals surface area contributed by atoms with E-state index in [0.29, 0.717) is 17.1 Å². The van der Waals surface area contributed by atoms with Crippen molar-refractivity contribution in [1.82, 2.24) is 0 Å². The molecule has 0 heterocycles. The molecule has 0 aliphatic heterocycles. The molecule has 0 aromatic heterocycles. The molecule has 3 aromatic rings. The van der Waals surface area contributed by atoms with Gasteiger partial charge in [0.15, 0.2) is 0 Å². The Labute approximate surface area is 181 Å². The van der Waals surface area contributed by atoms with Crippen molar-refractivity contribution in [3.8, 4) is 24.7 Å². The van der Waals surface area contributed by atoms with Gasteiger partial charge in [0.25, 0.3) is 11.8 Å². The summed E-state index contributed by atoms with van der Waals surface area (Å²) in [6.07, 6.45) is 10.8. The van der Waals surface area contributed by atoms with E-state index in [1.807, 2.05) is 26.0 Å². The number of amides is 2. The molecule has 5 heteroatoms. The second-order valence-corrected chi connectivity index (χ2v) is 7.10. The van der Waals surface area contributed by atoms with Crippen molar-refractivity contribution < 1.29 is 9.59 Å². The first-order valence-corrected chi connectivity index (χ1v) is 9.48. The van der Waals surface area contributed by atoms with Crippen LogP contribution in [0.1, 0.15) is 43.0 Å². The number of carbonyl (C=O) groups excluding carboxylic acids is 2. The molecule has 0 fully saturated rings. The molecule has 0 aliphatic carbocycles. The van der Waals surface area contributed by atoms with Gasteiger partial charge in [0.05, 0.1) is 0 Å². The number of hydrogen-bond acceptors (Lipinski definition) is 3. The standard InChI is InChI=1S/C26H21N3O2/c1-5-18-7-9-23(16(3)11-18)28-25(30)20-13-21(15-22(27)14-20)26(31)29-24-10-8-19(6-2)12-17(24)4/h1-2,7-15H,27H2,3-4H3,(H,28,30)(H,29,31). The first kappa shape index (κ1) is 21.2. The van der Waals surface area contributed by atoms with Crippen LogP contribution in [0.3, 0.4) is 0 Å². The van der Waals surface area contributed by atoms with Gasteiger partial charge in [-0.25, -0.2) is 0 Å². The molecule has 31 heavy (non-hydrogen) atoms. The highest BCUT2D eigenvalue weighted by atomic mass is 16.2. The Hall–Kier alpha value is -4.48. The van der Waals surface area contributed by atoms with Crippen LogP contribution in [0.5, 0.6) is 0 Å². The molecule has 2 amide bonds. The molecule has 0 saturated heterocycles. The van der Waals surface area contributed by atoms with Gasteiger partial charge < -0.3 is 16.4 Å². The predicted molar refractivity (Wildman–Crippen MR) is 125 cm³/mol. The number of rotatable bonds is 4. The lowest BCUT2D eigenvalue weighted by atomic mass is 10.1. The number of nitrogen functional groups attached to an aromatic ring is 1. The van der Waals surface area contributed by atoms with Gasteiger partial charge in [0, 0.05) is 39.3 Å². The normalized spacial score (nSPS) is 9.94. The highest BCUT2D eigenvalue weighted by Crippen LogP contribution is 2.21. The van der Waals surface area contributed by atoms with Crippen molar-refractivity contribution in [2.75, 3.05) is 16.4 Å². The number of nitrogens with one attached hydrogen (secondary N) is 2. The Balaban J connectivity index is 1.83. The van der Waals surface area contributed by atoms with E-state index in [1.165, 1.54) is 18.2 Å². The van der Waals surface area contributed by atoms with E-state index < -0.39 is 0 Å². The average molecular weight is 407 g/mol. The van der Waals surface area contributed by atoms with E-state index in [4.69, 9.17) is 18.6 Å². The van der Waals surface area contributed by atoms with Gasteiger partial charge in [-0.1, -0.05) is 11.8 Å². The second-order valence-electron chi connectivity index (χ2n) is 7.10. The Morgan fingerprint density at radius 2 is 1.16 bits per heavy atom. The summed E-state index contributed by atoms with van der Waals surface area (Å²) in [5.41, 5.74) is 11.2. The fourth-order valence-corrected chi connectivity index (χ4v) is 3.09. The summed E-state index contributed by atoms with van der Waals surface area (Å²) < 4.78 is 0. The Morgan fingerprint density at radius 3 is 1.52 bits per heavy atom. The van der Waals surface area contributed by atoms with Crippen molar-refractivity contribution in [3.63, 3.8) is 0 Å². The summed E-state index contributed by atoms with van der Waals surface area (Å²) in [6, 6.07) is 15.1. The Kier molecular flexibility index (Phi) is 6.10. The molecular formula is C26H21N3O2. The van der Waals surface area contributed by atoms with Crippen LogP contribution in [0.2, 0.25) is 0 Å². The van der Waals surface area contributed by atoms with Gasteiger partial charge in [0.2, 0.25) is 0 Å². The highest BCUT2D eigenvalue weighted by Gasteiger charge is 2.14. The summed E-state index contributed by atoms with van der Waals surface area (Å²) in [6.45, 7) is 3.70. The zero-order valence-corrected chi connectivity index (χ0v) is 17.2. The molecule has 0 radical (unpaired) electrons. The zero-order valence-electron chi connectivity index (χ0n) is 17.2. The van der Waals surface area contributed by atoms with Crippen LogP contribution in [0.25, 0.3) is 0 Å². The molecule has 0 atom stereocenters. The second kappa shape index (κ2) is 8.90. The smallest absolute Gasteiger partial charge is 0.255 e. The number of anilines is 3. The summed E-state index contributed by atoms with van der Waals surface area (Å²) in [5.74, 6) is 4.34. The van der Waals surface area contributed by atoms with Crippen molar-refractivity contribution in [2.45, 2.75) is 13.8 Å². The first-order valence-electron chi connectivity index (χ1n) is 9.48. The number of terminal acetylenes is 2. The minimum absolute atomic E-state index is 0.268. The summed E-state index contributed by atoms with van der Waals surface area (Å²) in [7, 11) is 0. The Bertz CT molecular complexity index is 1180. The topological polar surface area (TPSA) is 84.2 Å². The molecule has 0 aliphatic rings. The fraction of sp³-hybridized carbons (Fsp3) is 0.0769. The lowest BCUT2D eigenvalue weighted by Crippen LogP contribution is -2.17. The third-order valence-electron chi connectivity index (χ3n) is 4.76. The van der Waals surface area contributed by atoms with E-state index in [9.17, 15) is 9.59 Å². The molecule has 3 aromatic carbocycles. The molecule has 0 bridgehead atoms. The van der Waals surface area contributed by atoms with Crippen LogP contribution in [0.15, 0.2) is 54.6 Å². The lowest BCUT2D eigenvalue weighted by Gasteiger charge is -2.12. The predicted octanol–water partition coefficient (Wildman–Crippen LogP) is 4.35. The molecule has 4 N–H and O–H groups in total. The van der Waals surface area contributed by atoms with Gasteiger partial charge in [-0.2, -0.15) is 0 Å². The average Bonchev–Trinajstić information content (AvgIpc) is 2.75. The maximum atomic E-state index is 12.8. The van der Waals surface area contributed by atoms with E-state index in [1.54, 1.807) is 24.3 Å². The van der Waals surface area contributed by atoms with Crippen molar-refractivity contribution in [3.05, 3.63) is 88.0 Å². The zero-order chi connectivity index (χ0) is 22.5. The molecule has 0 saturated carbocycles. The molecule has 3 rings (SSSR count). The summed E-state index contributed by atoms with van der Waals surface area (Å²) in [4.78, 5) is 25.5. The molecular weight excluding hydrogens is 386 g/mol. The monoisotopic (exact) mass is 407 g/mol. The van der Waals surface area contributed by atoms with Crippen LogP contribution >= 0.6 is 0 Å². The van der Waals surface area contributed by atoms with Gasteiger partial charge >= 0.3 is 0 Å². The van der Waals surface area contributed by atoms with E-state index >= 15 is 0 Å². The molecule has 0 spiro atoms. The Morgan fingerprint density at radius 1 is 0.742 bits per heavy atom. The number of aryl methyl sites for hydroxylation is 2. The minimum atomic E-state index is -0.382. The van der Waals surface area contributed by atoms with E-state index in [-0.39, 0.29) is 22.9 Å². The largest absolute Gasteiger partial charge is 0.399 e. The van der Waals surface area contributed by atoms with Crippen LogP contribution in [-0.4, -0.2) is 11.8 Å². The number of benzene rings is 3. The maximum Gasteiger partial charge on any atom is 0.255 e. The molecule has 5 nitrogen and oxygen atoms in total. The van der Waals surface area contributed by atoms with Crippen LogP contribution in [0.4, 0.5) is 17.1 Å². The van der Waals surface area contributed by atoms with Crippen LogP contribution < -0.4 is 16.4 Å². The van der Waals surface area contributed by atoms with Gasteiger partial charge in [-0.05, 0) is 79.6 Å². The molecule has 0 unspecified atom stereocenters. The lowest BCUT2D eigenvalue weighted by molar-refractivity contribution is 0.102. The summed E-state index contributed by atoms with van der Waals surface area (Å²) >= 11 is 0. The fourth-order valence-electron chi connectivity index (χ4n) is 3.09. The third kappa shape index (κ3) is 4.93. The van der Waals surface area contributed by atoms with Crippen molar-refractivity contribution >= 4 is 28.9 Å². The number of nitrogens with two attached hydrogens (primary N) is 1. The number of carbonyl (C=O) groups is 2. The summed E-state index contributed by atoms with van der Waals surface area (Å²) in [5, 5.41) is 5.66. The van der Waals surface area contributed by atoms with Crippen LogP contribution in [0, 0.1) is 38.5 Å². The SMILES string of the molecule is C#Cc1ccc(NC(=O)c2cc(N)cc(C(=O)Nc3ccc(C#C)cc3C)c2)c(C)c1. The van der Waals surface area contributed by atoms with E-state index in [0.717, 1.165) is 22.3 Å².